The van der Waals surface area contributed by atoms with Crippen LogP contribution in [-0.2, 0) is 9.59 Å². The van der Waals surface area contributed by atoms with Gasteiger partial charge in [-0.15, -0.1) is 12.4 Å². The molecule has 1 aromatic rings. The lowest BCUT2D eigenvalue weighted by molar-refractivity contribution is -0.139. The van der Waals surface area contributed by atoms with Crippen molar-refractivity contribution in [3.8, 4) is 0 Å². The highest BCUT2D eigenvalue weighted by Gasteiger charge is 2.43. The van der Waals surface area contributed by atoms with Gasteiger partial charge in [-0.1, -0.05) is 20.8 Å². The van der Waals surface area contributed by atoms with Gasteiger partial charge in [-0.3, -0.25) is 14.5 Å². The number of carbonyl (C=O) groups is 2. The summed E-state index contributed by atoms with van der Waals surface area (Å²) in [6, 6.07) is 7.38. The topological polar surface area (TPSA) is 43.9 Å². The molecule has 0 atom stereocenters. The van der Waals surface area contributed by atoms with E-state index in [2.05, 4.69) is 0 Å². The van der Waals surface area contributed by atoms with Crippen LogP contribution in [0.2, 0.25) is 0 Å². The van der Waals surface area contributed by atoms with Crippen molar-refractivity contribution in [2.24, 2.45) is 5.41 Å². The molecule has 0 spiro atoms. The number of hydrogen-bond donors (Lipinski definition) is 0. The van der Waals surface area contributed by atoms with Crippen LogP contribution in [0.3, 0.4) is 0 Å². The summed E-state index contributed by atoms with van der Waals surface area (Å²) >= 11 is 5.35. The largest absolute Gasteiger partial charge is 0.378 e. The molecule has 2 amide bonds. The third-order valence-corrected chi connectivity index (χ3v) is 3.71. The zero-order valence-corrected chi connectivity index (χ0v) is 15.6. The zero-order chi connectivity index (χ0) is 16.7. The van der Waals surface area contributed by atoms with Gasteiger partial charge in [0.1, 0.15) is 0 Å². The number of thiocarbonyl (C=S) groups is 1. The van der Waals surface area contributed by atoms with Gasteiger partial charge in [0.2, 0.25) is 0 Å². The zero-order valence-electron chi connectivity index (χ0n) is 14.0. The fourth-order valence-electron chi connectivity index (χ4n) is 2.25. The first kappa shape index (κ1) is 19.4. The van der Waals surface area contributed by atoms with Gasteiger partial charge >= 0.3 is 11.8 Å². The molecular weight excluding hydrogens is 334 g/mol. The molecule has 0 N–H and O–H groups in total. The Hall–Kier alpha value is -1.66. The first-order valence-electron chi connectivity index (χ1n) is 7.09. The minimum atomic E-state index is -0.591. The number of anilines is 2. The normalized spacial score (nSPS) is 15.1. The van der Waals surface area contributed by atoms with Crippen molar-refractivity contribution in [2.45, 2.75) is 20.8 Å². The maximum absolute atomic E-state index is 12.3. The third kappa shape index (κ3) is 4.00. The second kappa shape index (κ2) is 6.84. The molecule has 0 unspecified atom stereocenters. The first-order valence-corrected chi connectivity index (χ1v) is 7.50. The van der Waals surface area contributed by atoms with Crippen molar-refractivity contribution in [1.82, 2.24) is 4.90 Å². The predicted molar refractivity (Wildman–Crippen MR) is 99.3 cm³/mol. The van der Waals surface area contributed by atoms with Gasteiger partial charge in [0.15, 0.2) is 5.11 Å². The lowest BCUT2D eigenvalue weighted by Crippen LogP contribution is -2.38. The number of hydrogen-bond acceptors (Lipinski definition) is 4. The quantitative estimate of drug-likeness (QED) is 0.617. The van der Waals surface area contributed by atoms with E-state index in [0.29, 0.717) is 12.2 Å². The van der Waals surface area contributed by atoms with Crippen molar-refractivity contribution in [3.05, 3.63) is 24.3 Å². The van der Waals surface area contributed by atoms with Crippen LogP contribution >= 0.6 is 24.6 Å². The Kier molecular flexibility index (Phi) is 5.77. The average molecular weight is 356 g/mol. The van der Waals surface area contributed by atoms with Gasteiger partial charge in [0, 0.05) is 26.3 Å². The van der Waals surface area contributed by atoms with Crippen molar-refractivity contribution >= 4 is 52.9 Å². The molecule has 1 aliphatic heterocycles. The molecule has 126 valence electrons. The molecule has 1 fully saturated rings. The standard InChI is InChI=1S/C16H21N3O2S.ClH/c1-16(2,3)10-18-13(20)14(21)19(15(18)22)12-8-6-11(7-9-12)17(4)5;/h6-9H,10H2,1-5H3;1H. The number of amides is 2. The Bertz CT molecular complexity index is 623. The smallest absolute Gasteiger partial charge is 0.323 e. The van der Waals surface area contributed by atoms with E-state index in [0.717, 1.165) is 5.69 Å². The van der Waals surface area contributed by atoms with Gasteiger partial charge in [-0.2, -0.15) is 0 Å². The van der Waals surface area contributed by atoms with Gasteiger partial charge in [0.25, 0.3) is 0 Å². The Balaban J connectivity index is 0.00000264. The Morgan fingerprint density at radius 2 is 1.57 bits per heavy atom. The van der Waals surface area contributed by atoms with Crippen LogP contribution in [0, 0.1) is 5.41 Å². The van der Waals surface area contributed by atoms with E-state index in [4.69, 9.17) is 12.2 Å². The van der Waals surface area contributed by atoms with E-state index in [1.165, 1.54) is 9.80 Å². The highest BCUT2D eigenvalue weighted by Crippen LogP contribution is 2.27. The SMILES string of the molecule is CN(C)c1ccc(N2C(=O)C(=O)N(CC(C)(C)C)C2=S)cc1.Cl. The Morgan fingerprint density at radius 1 is 1.04 bits per heavy atom. The van der Waals surface area contributed by atoms with Crippen molar-refractivity contribution in [2.75, 3.05) is 30.4 Å². The van der Waals surface area contributed by atoms with E-state index in [1.807, 2.05) is 51.9 Å². The summed E-state index contributed by atoms with van der Waals surface area (Å²) in [6.45, 7) is 6.43. The fourth-order valence-corrected chi connectivity index (χ4v) is 2.58. The third-order valence-electron chi connectivity index (χ3n) is 3.31. The van der Waals surface area contributed by atoms with Crippen molar-refractivity contribution in [3.63, 3.8) is 0 Å². The van der Waals surface area contributed by atoms with Crippen molar-refractivity contribution < 1.29 is 9.59 Å². The van der Waals surface area contributed by atoms with Crippen LogP contribution < -0.4 is 9.80 Å². The predicted octanol–water partition coefficient (Wildman–Crippen LogP) is 2.68. The summed E-state index contributed by atoms with van der Waals surface area (Å²) in [6.07, 6.45) is 0. The minimum Gasteiger partial charge on any atom is -0.378 e. The summed E-state index contributed by atoms with van der Waals surface area (Å²) in [5.74, 6) is -1.15. The number of halogens is 1. The molecule has 1 aromatic carbocycles. The van der Waals surface area contributed by atoms with E-state index in [9.17, 15) is 9.59 Å². The summed E-state index contributed by atoms with van der Waals surface area (Å²) in [5.41, 5.74) is 1.50. The van der Waals surface area contributed by atoms with Gasteiger partial charge in [0.05, 0.1) is 5.69 Å². The number of benzene rings is 1. The van der Waals surface area contributed by atoms with E-state index in [-0.39, 0.29) is 22.9 Å². The van der Waals surface area contributed by atoms with Gasteiger partial charge < -0.3 is 4.90 Å². The summed E-state index contributed by atoms with van der Waals surface area (Å²) < 4.78 is 0. The molecule has 0 radical (unpaired) electrons. The highest BCUT2D eigenvalue weighted by atomic mass is 35.5. The molecule has 0 saturated carbocycles. The Labute approximate surface area is 148 Å². The lowest BCUT2D eigenvalue weighted by atomic mass is 9.96. The molecule has 7 heteroatoms. The molecule has 23 heavy (non-hydrogen) atoms. The van der Waals surface area contributed by atoms with Gasteiger partial charge in [-0.25, -0.2) is 4.90 Å². The molecule has 0 aliphatic carbocycles. The molecule has 1 heterocycles. The maximum atomic E-state index is 12.3. The van der Waals surface area contributed by atoms with Crippen LogP contribution in [0.4, 0.5) is 11.4 Å². The molecule has 0 aromatic heterocycles. The summed E-state index contributed by atoms with van der Waals surface area (Å²) in [7, 11) is 3.88. The van der Waals surface area contributed by atoms with Crippen LogP contribution in [-0.4, -0.2) is 42.5 Å². The van der Waals surface area contributed by atoms with E-state index in [1.54, 1.807) is 12.1 Å². The van der Waals surface area contributed by atoms with Crippen LogP contribution in [0.15, 0.2) is 24.3 Å². The second-order valence-corrected chi connectivity index (χ2v) is 7.15. The fraction of sp³-hybridized carbons (Fsp3) is 0.438. The maximum Gasteiger partial charge on any atom is 0.323 e. The molecule has 1 saturated heterocycles. The number of carbonyl (C=O) groups excluding carboxylic acids is 2. The Morgan fingerprint density at radius 3 is 2.00 bits per heavy atom. The highest BCUT2D eigenvalue weighted by molar-refractivity contribution is 7.80. The molecule has 1 aliphatic rings. The minimum absolute atomic E-state index is 0. The van der Waals surface area contributed by atoms with E-state index < -0.39 is 11.8 Å². The molecule has 0 bridgehead atoms. The monoisotopic (exact) mass is 355 g/mol. The van der Waals surface area contributed by atoms with Crippen LogP contribution in [0.1, 0.15) is 20.8 Å². The first-order chi connectivity index (χ1) is 10.1. The van der Waals surface area contributed by atoms with Crippen LogP contribution in [0.5, 0.6) is 0 Å². The summed E-state index contributed by atoms with van der Waals surface area (Å²) in [5, 5.41) is 0.252. The van der Waals surface area contributed by atoms with Crippen LogP contribution in [0.25, 0.3) is 0 Å². The second-order valence-electron chi connectivity index (χ2n) is 6.79. The van der Waals surface area contributed by atoms with E-state index >= 15 is 0 Å². The molecule has 5 nitrogen and oxygen atoms in total. The number of nitrogens with zero attached hydrogens (tertiary/aromatic N) is 3. The summed E-state index contributed by atoms with van der Waals surface area (Å²) in [4.78, 5) is 29.1. The molecular formula is C16H22ClN3O2S. The average Bonchev–Trinajstić information content (AvgIpc) is 2.62. The van der Waals surface area contributed by atoms with Gasteiger partial charge in [-0.05, 0) is 41.9 Å². The number of rotatable bonds is 3. The lowest BCUT2D eigenvalue weighted by Gasteiger charge is -2.26. The van der Waals surface area contributed by atoms with Crippen molar-refractivity contribution in [1.29, 1.82) is 0 Å². The molecule has 2 rings (SSSR count).